The molecule has 6 heteroatoms. The van der Waals surface area contributed by atoms with Crippen molar-refractivity contribution in [3.05, 3.63) is 46.2 Å². The molecule has 1 aliphatic heterocycles. The van der Waals surface area contributed by atoms with E-state index in [4.69, 9.17) is 33.3 Å². The van der Waals surface area contributed by atoms with E-state index in [-0.39, 0.29) is 0 Å². The number of benzene rings is 2. The zero-order valence-corrected chi connectivity index (χ0v) is 12.5. The van der Waals surface area contributed by atoms with Crippen molar-refractivity contribution in [1.82, 2.24) is 9.55 Å². The van der Waals surface area contributed by atoms with Crippen molar-refractivity contribution in [3.63, 3.8) is 0 Å². The first kappa shape index (κ1) is 12.7. The quantitative estimate of drug-likeness (QED) is 0.686. The lowest BCUT2D eigenvalue weighted by Crippen LogP contribution is -2.15. The third kappa shape index (κ3) is 2.09. The van der Waals surface area contributed by atoms with Gasteiger partial charge < -0.3 is 14.5 Å². The van der Waals surface area contributed by atoms with E-state index >= 15 is 0 Å². The van der Waals surface area contributed by atoms with Crippen LogP contribution in [0.25, 0.3) is 16.7 Å². The van der Waals surface area contributed by atoms with Gasteiger partial charge in [0.1, 0.15) is 13.2 Å². The molecular formula is C15H11ClN2O2S. The van der Waals surface area contributed by atoms with E-state index in [1.807, 2.05) is 41.0 Å². The molecule has 0 fully saturated rings. The predicted octanol–water partition coefficient (Wildman–Crippen LogP) is 4.11. The molecule has 4 rings (SSSR count). The van der Waals surface area contributed by atoms with Gasteiger partial charge >= 0.3 is 0 Å². The molecule has 0 amide bonds. The van der Waals surface area contributed by atoms with Gasteiger partial charge in [0.2, 0.25) is 0 Å². The first-order valence-corrected chi connectivity index (χ1v) is 7.31. The number of H-pyrrole nitrogens is 1. The van der Waals surface area contributed by atoms with Gasteiger partial charge in [-0.25, -0.2) is 0 Å². The molecule has 0 bridgehead atoms. The average molecular weight is 319 g/mol. The molecule has 0 aliphatic carbocycles. The van der Waals surface area contributed by atoms with Crippen molar-refractivity contribution in [2.75, 3.05) is 13.2 Å². The van der Waals surface area contributed by atoms with E-state index in [0.717, 1.165) is 28.2 Å². The number of ether oxygens (including phenoxy) is 2. The summed E-state index contributed by atoms with van der Waals surface area (Å²) in [6.45, 7) is 1.13. The summed E-state index contributed by atoms with van der Waals surface area (Å²) >= 11 is 11.5. The van der Waals surface area contributed by atoms with Crippen molar-refractivity contribution in [1.29, 1.82) is 0 Å². The van der Waals surface area contributed by atoms with Crippen molar-refractivity contribution in [3.8, 4) is 17.2 Å². The second kappa shape index (κ2) is 4.79. The second-order valence-corrected chi connectivity index (χ2v) is 5.58. The molecule has 0 saturated carbocycles. The highest BCUT2D eigenvalue weighted by atomic mass is 35.5. The molecule has 1 aliphatic rings. The number of hydrogen-bond acceptors (Lipinski definition) is 3. The van der Waals surface area contributed by atoms with Gasteiger partial charge in [0.05, 0.1) is 16.7 Å². The van der Waals surface area contributed by atoms with E-state index in [2.05, 4.69) is 4.98 Å². The summed E-state index contributed by atoms with van der Waals surface area (Å²) < 4.78 is 13.7. The molecule has 0 spiro atoms. The van der Waals surface area contributed by atoms with Crippen molar-refractivity contribution in [2.45, 2.75) is 0 Å². The predicted molar refractivity (Wildman–Crippen MR) is 84.5 cm³/mol. The minimum atomic E-state index is 0.557. The van der Waals surface area contributed by atoms with Crippen LogP contribution < -0.4 is 9.47 Å². The first-order chi connectivity index (χ1) is 10.2. The van der Waals surface area contributed by atoms with E-state index in [0.29, 0.717) is 23.0 Å². The van der Waals surface area contributed by atoms with E-state index in [1.165, 1.54) is 0 Å². The minimum Gasteiger partial charge on any atom is -0.486 e. The van der Waals surface area contributed by atoms with Gasteiger partial charge in [0, 0.05) is 11.1 Å². The Morgan fingerprint density at radius 3 is 2.71 bits per heavy atom. The van der Waals surface area contributed by atoms with Crippen LogP contribution in [0.5, 0.6) is 11.5 Å². The molecule has 0 atom stereocenters. The van der Waals surface area contributed by atoms with Crippen LogP contribution in [0, 0.1) is 4.77 Å². The largest absolute Gasteiger partial charge is 0.486 e. The zero-order valence-electron chi connectivity index (χ0n) is 10.9. The Bertz CT molecular complexity index is 900. The number of halogens is 1. The zero-order chi connectivity index (χ0) is 14.4. The van der Waals surface area contributed by atoms with Crippen LogP contribution in [0.4, 0.5) is 0 Å². The van der Waals surface area contributed by atoms with Crippen LogP contribution in [-0.4, -0.2) is 22.8 Å². The second-order valence-electron chi connectivity index (χ2n) is 4.75. The van der Waals surface area contributed by atoms with Crippen LogP contribution in [0.3, 0.4) is 0 Å². The van der Waals surface area contributed by atoms with Crippen LogP contribution in [-0.2, 0) is 0 Å². The maximum absolute atomic E-state index is 6.10. The number of nitrogens with zero attached hydrogens (tertiary/aromatic N) is 1. The molecule has 1 aromatic heterocycles. The summed E-state index contributed by atoms with van der Waals surface area (Å²) in [5.41, 5.74) is 2.79. The molecule has 2 aromatic carbocycles. The number of aromatic amines is 1. The minimum absolute atomic E-state index is 0.557. The van der Waals surface area contributed by atoms with Crippen LogP contribution in [0.1, 0.15) is 0 Å². The van der Waals surface area contributed by atoms with Gasteiger partial charge in [0.25, 0.3) is 0 Å². The summed E-state index contributed by atoms with van der Waals surface area (Å²) in [5, 5.41) is 0.669. The number of rotatable bonds is 1. The Morgan fingerprint density at radius 2 is 1.86 bits per heavy atom. The van der Waals surface area contributed by atoms with Gasteiger partial charge in [-0.2, -0.15) is 0 Å². The molecule has 3 aromatic rings. The van der Waals surface area contributed by atoms with E-state index < -0.39 is 0 Å². The highest BCUT2D eigenvalue weighted by Crippen LogP contribution is 2.33. The van der Waals surface area contributed by atoms with Gasteiger partial charge in [0.15, 0.2) is 16.3 Å². The Labute approximate surface area is 130 Å². The van der Waals surface area contributed by atoms with E-state index in [9.17, 15) is 0 Å². The van der Waals surface area contributed by atoms with Crippen LogP contribution >= 0.6 is 23.8 Å². The lowest BCUT2D eigenvalue weighted by Gasteiger charge is -2.19. The molecule has 2 heterocycles. The molecular weight excluding hydrogens is 308 g/mol. The number of hydrogen-bond donors (Lipinski definition) is 1. The maximum Gasteiger partial charge on any atom is 0.182 e. The van der Waals surface area contributed by atoms with Crippen molar-refractivity contribution >= 4 is 34.9 Å². The highest BCUT2D eigenvalue weighted by molar-refractivity contribution is 7.71. The number of aromatic nitrogens is 2. The molecule has 21 heavy (non-hydrogen) atoms. The Morgan fingerprint density at radius 1 is 1.05 bits per heavy atom. The molecule has 0 saturated heterocycles. The fourth-order valence-corrected chi connectivity index (χ4v) is 2.98. The maximum atomic E-state index is 6.10. The van der Waals surface area contributed by atoms with Crippen LogP contribution in [0.15, 0.2) is 36.4 Å². The summed E-state index contributed by atoms with van der Waals surface area (Å²) in [6, 6.07) is 11.4. The van der Waals surface area contributed by atoms with Crippen molar-refractivity contribution < 1.29 is 9.47 Å². The number of imidazole rings is 1. The van der Waals surface area contributed by atoms with Crippen molar-refractivity contribution in [2.24, 2.45) is 0 Å². The third-order valence-electron chi connectivity index (χ3n) is 3.43. The lowest BCUT2D eigenvalue weighted by molar-refractivity contribution is 0.171. The Kier molecular flexibility index (Phi) is 2.90. The Hall–Kier alpha value is -1.98. The molecule has 1 N–H and O–H groups in total. The molecule has 0 radical (unpaired) electrons. The molecule has 0 unspecified atom stereocenters. The van der Waals surface area contributed by atoms with Gasteiger partial charge in [-0.3, -0.25) is 4.57 Å². The lowest BCUT2D eigenvalue weighted by atomic mass is 10.2. The first-order valence-electron chi connectivity index (χ1n) is 6.53. The van der Waals surface area contributed by atoms with Gasteiger partial charge in [-0.1, -0.05) is 11.6 Å². The highest BCUT2D eigenvalue weighted by Gasteiger charge is 2.14. The monoisotopic (exact) mass is 318 g/mol. The standard InChI is InChI=1S/C15H11ClN2O2S/c16-9-1-3-11-12(7-9)18(15(21)17-11)10-2-4-13-14(8-10)20-6-5-19-13/h1-4,7-8H,5-6H2,(H,17,21). The molecule has 106 valence electrons. The van der Waals surface area contributed by atoms with Crippen LogP contribution in [0.2, 0.25) is 5.02 Å². The fraction of sp³-hybridized carbons (Fsp3) is 0.133. The summed E-state index contributed by atoms with van der Waals surface area (Å²) in [4.78, 5) is 3.18. The normalized spacial score (nSPS) is 13.6. The summed E-state index contributed by atoms with van der Waals surface area (Å²) in [5.74, 6) is 1.49. The third-order valence-corrected chi connectivity index (χ3v) is 3.95. The number of fused-ring (bicyclic) bond motifs is 2. The number of nitrogens with one attached hydrogen (secondary N) is 1. The molecule has 4 nitrogen and oxygen atoms in total. The van der Waals surface area contributed by atoms with E-state index in [1.54, 1.807) is 0 Å². The fourth-order valence-electron chi connectivity index (χ4n) is 2.50. The SMILES string of the molecule is S=c1[nH]c2ccc(Cl)cc2n1-c1ccc2c(c1)OCCO2. The Balaban J connectivity index is 1.96. The summed E-state index contributed by atoms with van der Waals surface area (Å²) in [7, 11) is 0. The van der Waals surface area contributed by atoms with Gasteiger partial charge in [-0.15, -0.1) is 0 Å². The average Bonchev–Trinajstić information content (AvgIpc) is 2.82. The smallest absolute Gasteiger partial charge is 0.182 e. The topological polar surface area (TPSA) is 39.2 Å². The van der Waals surface area contributed by atoms with Gasteiger partial charge in [-0.05, 0) is 42.5 Å². The summed E-state index contributed by atoms with van der Waals surface area (Å²) in [6.07, 6.45) is 0.